The van der Waals surface area contributed by atoms with E-state index in [-0.39, 0.29) is 0 Å². The van der Waals surface area contributed by atoms with E-state index in [4.69, 9.17) is 23.2 Å². The van der Waals surface area contributed by atoms with Crippen LogP contribution in [0.2, 0.25) is 10.0 Å². The molecule has 0 nitrogen and oxygen atoms in total. The monoisotopic (exact) mass is 260 g/mol. The summed E-state index contributed by atoms with van der Waals surface area (Å²) in [5, 5.41) is 5.62. The van der Waals surface area contributed by atoms with Gasteiger partial charge in [0.2, 0.25) is 0 Å². The van der Waals surface area contributed by atoms with Crippen LogP contribution in [0.25, 0.3) is 21.5 Å². The quantitative estimate of drug-likeness (QED) is 0.461. The SMILES string of the molecule is Cc1ccc2c(Cl)c3ccccc3c(Cl)c2c1. The van der Waals surface area contributed by atoms with E-state index in [1.54, 1.807) is 0 Å². The highest BCUT2D eigenvalue weighted by molar-refractivity contribution is 6.47. The van der Waals surface area contributed by atoms with Gasteiger partial charge >= 0.3 is 0 Å². The van der Waals surface area contributed by atoms with Gasteiger partial charge in [0.15, 0.2) is 0 Å². The van der Waals surface area contributed by atoms with Crippen LogP contribution in [0.3, 0.4) is 0 Å². The zero-order valence-corrected chi connectivity index (χ0v) is 10.8. The van der Waals surface area contributed by atoms with Crippen LogP contribution in [0.5, 0.6) is 0 Å². The average molecular weight is 261 g/mol. The van der Waals surface area contributed by atoms with Gasteiger partial charge in [0.05, 0.1) is 10.0 Å². The second-order valence-corrected chi connectivity index (χ2v) is 4.98. The van der Waals surface area contributed by atoms with Crippen molar-refractivity contribution in [1.82, 2.24) is 0 Å². The fraction of sp³-hybridized carbons (Fsp3) is 0.0667. The highest BCUT2D eigenvalue weighted by atomic mass is 35.5. The van der Waals surface area contributed by atoms with E-state index in [1.807, 2.05) is 30.3 Å². The van der Waals surface area contributed by atoms with Crippen molar-refractivity contribution >= 4 is 44.7 Å². The van der Waals surface area contributed by atoms with Gasteiger partial charge in [-0.05, 0) is 13.0 Å². The standard InChI is InChI=1S/C15H10Cl2/c1-9-6-7-12-13(8-9)15(17)11-5-3-2-4-10(11)14(12)16/h2-8H,1H3. The fourth-order valence-corrected chi connectivity index (χ4v) is 2.84. The second-order valence-electron chi connectivity index (χ2n) is 4.22. The molecule has 0 N–H and O–H groups in total. The van der Waals surface area contributed by atoms with Crippen LogP contribution in [0.1, 0.15) is 5.56 Å². The number of fused-ring (bicyclic) bond motifs is 2. The lowest BCUT2D eigenvalue weighted by atomic mass is 10.0. The molecule has 0 aliphatic carbocycles. The summed E-state index contributed by atoms with van der Waals surface area (Å²) in [6, 6.07) is 14.1. The third-order valence-corrected chi connectivity index (χ3v) is 3.86. The minimum atomic E-state index is 0.778. The number of hydrogen-bond acceptors (Lipinski definition) is 0. The first-order valence-electron chi connectivity index (χ1n) is 5.44. The van der Waals surface area contributed by atoms with E-state index in [2.05, 4.69) is 19.1 Å². The summed E-state index contributed by atoms with van der Waals surface area (Å²) in [7, 11) is 0. The van der Waals surface area contributed by atoms with Crippen LogP contribution in [0.4, 0.5) is 0 Å². The summed E-state index contributed by atoms with van der Waals surface area (Å²) in [5.74, 6) is 0. The smallest absolute Gasteiger partial charge is 0.0563 e. The predicted octanol–water partition coefficient (Wildman–Crippen LogP) is 5.61. The van der Waals surface area contributed by atoms with E-state index in [0.717, 1.165) is 31.6 Å². The number of benzene rings is 3. The molecule has 0 atom stereocenters. The van der Waals surface area contributed by atoms with Gasteiger partial charge in [0.25, 0.3) is 0 Å². The molecule has 2 heteroatoms. The zero-order chi connectivity index (χ0) is 12.0. The van der Waals surface area contributed by atoms with Crippen molar-refractivity contribution in [3.05, 3.63) is 58.1 Å². The Morgan fingerprint density at radius 1 is 0.706 bits per heavy atom. The number of hydrogen-bond donors (Lipinski definition) is 0. The Balaban J connectivity index is 2.63. The lowest BCUT2D eigenvalue weighted by molar-refractivity contribution is 1.51. The minimum absolute atomic E-state index is 0.778. The van der Waals surface area contributed by atoms with Gasteiger partial charge < -0.3 is 0 Å². The number of aryl methyl sites for hydroxylation is 1. The van der Waals surface area contributed by atoms with Crippen LogP contribution in [-0.2, 0) is 0 Å². The molecule has 3 rings (SSSR count). The van der Waals surface area contributed by atoms with E-state index < -0.39 is 0 Å². The largest absolute Gasteiger partial charge is 0.0830 e. The summed E-state index contributed by atoms with van der Waals surface area (Å²) in [6.07, 6.45) is 0. The Morgan fingerprint density at radius 3 is 1.88 bits per heavy atom. The normalized spacial score (nSPS) is 11.2. The highest BCUT2D eigenvalue weighted by Crippen LogP contribution is 2.38. The summed E-state index contributed by atoms with van der Waals surface area (Å²) < 4.78 is 0. The molecule has 0 saturated carbocycles. The van der Waals surface area contributed by atoms with Crippen LogP contribution in [-0.4, -0.2) is 0 Å². The molecule has 0 amide bonds. The van der Waals surface area contributed by atoms with Gasteiger partial charge in [-0.3, -0.25) is 0 Å². The van der Waals surface area contributed by atoms with E-state index >= 15 is 0 Å². The van der Waals surface area contributed by atoms with E-state index in [0.29, 0.717) is 0 Å². The number of halogens is 2. The van der Waals surface area contributed by atoms with Crippen molar-refractivity contribution in [1.29, 1.82) is 0 Å². The Bertz CT molecular complexity index is 730. The van der Waals surface area contributed by atoms with Gasteiger partial charge in [0.1, 0.15) is 0 Å². The maximum Gasteiger partial charge on any atom is 0.0563 e. The Kier molecular flexibility index (Phi) is 2.50. The van der Waals surface area contributed by atoms with Crippen molar-refractivity contribution in [2.24, 2.45) is 0 Å². The van der Waals surface area contributed by atoms with Crippen molar-refractivity contribution in [3.8, 4) is 0 Å². The molecule has 0 fully saturated rings. The molecule has 0 unspecified atom stereocenters. The Labute approximate surface area is 110 Å². The van der Waals surface area contributed by atoms with Crippen molar-refractivity contribution < 1.29 is 0 Å². The van der Waals surface area contributed by atoms with Gasteiger partial charge in [-0.25, -0.2) is 0 Å². The third-order valence-electron chi connectivity index (χ3n) is 3.05. The second kappa shape index (κ2) is 3.90. The summed E-state index contributed by atoms with van der Waals surface area (Å²) in [4.78, 5) is 0. The van der Waals surface area contributed by atoms with Gasteiger partial charge in [-0.1, -0.05) is 65.2 Å². The first-order chi connectivity index (χ1) is 8.18. The van der Waals surface area contributed by atoms with Crippen LogP contribution in [0.15, 0.2) is 42.5 Å². The minimum Gasteiger partial charge on any atom is -0.0830 e. The molecular weight excluding hydrogens is 251 g/mol. The van der Waals surface area contributed by atoms with Crippen molar-refractivity contribution in [2.45, 2.75) is 6.92 Å². The molecule has 3 aromatic rings. The Hall–Kier alpha value is -1.24. The summed E-state index contributed by atoms with van der Waals surface area (Å²) in [6.45, 7) is 2.05. The van der Waals surface area contributed by atoms with Crippen molar-refractivity contribution in [2.75, 3.05) is 0 Å². The topological polar surface area (TPSA) is 0 Å². The van der Waals surface area contributed by atoms with E-state index in [9.17, 15) is 0 Å². The van der Waals surface area contributed by atoms with E-state index in [1.165, 1.54) is 5.56 Å². The fourth-order valence-electron chi connectivity index (χ4n) is 2.19. The van der Waals surface area contributed by atoms with Crippen LogP contribution >= 0.6 is 23.2 Å². The lowest BCUT2D eigenvalue weighted by Crippen LogP contribution is -1.83. The summed E-state index contributed by atoms with van der Waals surface area (Å²) in [5.41, 5.74) is 1.19. The molecule has 0 aromatic heterocycles. The molecule has 17 heavy (non-hydrogen) atoms. The third kappa shape index (κ3) is 1.60. The molecular formula is C15H10Cl2. The number of rotatable bonds is 0. The zero-order valence-electron chi connectivity index (χ0n) is 9.30. The molecule has 0 aliphatic heterocycles. The first-order valence-corrected chi connectivity index (χ1v) is 6.20. The van der Waals surface area contributed by atoms with Gasteiger partial charge in [-0.15, -0.1) is 0 Å². The Morgan fingerprint density at radius 2 is 1.24 bits per heavy atom. The highest BCUT2D eigenvalue weighted by Gasteiger charge is 2.10. The van der Waals surface area contributed by atoms with Crippen LogP contribution in [0, 0.1) is 6.92 Å². The summed E-state index contributed by atoms with van der Waals surface area (Å²) >= 11 is 12.9. The molecule has 3 aromatic carbocycles. The molecule has 0 saturated heterocycles. The lowest BCUT2D eigenvalue weighted by Gasteiger charge is -2.09. The maximum absolute atomic E-state index is 6.46. The molecule has 0 radical (unpaired) electrons. The molecule has 0 heterocycles. The predicted molar refractivity (Wildman–Crippen MR) is 76.2 cm³/mol. The molecule has 0 spiro atoms. The van der Waals surface area contributed by atoms with Crippen molar-refractivity contribution in [3.63, 3.8) is 0 Å². The van der Waals surface area contributed by atoms with Gasteiger partial charge in [0, 0.05) is 21.5 Å². The van der Waals surface area contributed by atoms with Gasteiger partial charge in [-0.2, -0.15) is 0 Å². The molecule has 0 bridgehead atoms. The molecule has 84 valence electrons. The first kappa shape index (κ1) is 10.9. The molecule has 0 aliphatic rings. The maximum atomic E-state index is 6.46. The average Bonchev–Trinajstić information content (AvgIpc) is 2.36. The van der Waals surface area contributed by atoms with Crippen LogP contribution < -0.4 is 0 Å².